The molecule has 0 saturated heterocycles. The van der Waals surface area contributed by atoms with Crippen molar-refractivity contribution < 1.29 is 4.79 Å². The molecule has 4 nitrogen and oxygen atoms in total. The molecule has 134 valence electrons. The first kappa shape index (κ1) is 16.7. The average Bonchev–Trinajstić information content (AvgIpc) is 2.85. The molecule has 0 aromatic heterocycles. The van der Waals surface area contributed by atoms with Crippen molar-refractivity contribution in [3.8, 4) is 0 Å². The molecule has 0 spiro atoms. The van der Waals surface area contributed by atoms with Gasteiger partial charge in [0.15, 0.2) is 0 Å². The highest BCUT2D eigenvalue weighted by Crippen LogP contribution is 2.39. The number of fused-ring (bicyclic) bond motifs is 1. The number of para-hydroxylation sites is 2. The van der Waals surface area contributed by atoms with Crippen LogP contribution in [0.15, 0.2) is 53.7 Å². The molecule has 1 amide bonds. The van der Waals surface area contributed by atoms with E-state index in [4.69, 9.17) is 0 Å². The Hall–Kier alpha value is -2.75. The maximum absolute atomic E-state index is 12.6. The molecule has 3 N–H and O–H groups in total. The Labute approximate surface area is 154 Å². The van der Waals surface area contributed by atoms with Gasteiger partial charge in [0.2, 0.25) is 0 Å². The van der Waals surface area contributed by atoms with Gasteiger partial charge in [0.05, 0.1) is 29.5 Å². The molecule has 0 fully saturated rings. The maximum Gasteiger partial charge on any atom is 0.251 e. The number of benzene rings is 2. The minimum atomic E-state index is -0.169. The van der Waals surface area contributed by atoms with Crippen molar-refractivity contribution in [3.63, 3.8) is 0 Å². The highest BCUT2D eigenvalue weighted by Gasteiger charge is 2.34. The molecule has 2 heterocycles. The van der Waals surface area contributed by atoms with E-state index in [2.05, 4.69) is 61.8 Å². The van der Waals surface area contributed by atoms with Crippen molar-refractivity contribution in [2.24, 2.45) is 0 Å². The number of amides is 1. The number of rotatable bonds is 1. The summed E-state index contributed by atoms with van der Waals surface area (Å²) in [6.07, 6.45) is 0. The maximum atomic E-state index is 12.6. The Morgan fingerprint density at radius 3 is 2.46 bits per heavy atom. The largest absolute Gasteiger partial charge is 0.372 e. The van der Waals surface area contributed by atoms with Gasteiger partial charge in [0.1, 0.15) is 0 Å². The fraction of sp³-hybridized carbons (Fsp3) is 0.318. The quantitative estimate of drug-likeness (QED) is 0.723. The Balaban J connectivity index is 1.84. The lowest BCUT2D eigenvalue weighted by Crippen LogP contribution is -2.24. The van der Waals surface area contributed by atoms with Gasteiger partial charge in [-0.15, -0.1) is 0 Å². The number of carbonyl (C=O) groups excluding carboxylic acids is 1. The first-order chi connectivity index (χ1) is 12.3. The minimum Gasteiger partial charge on any atom is -0.372 e. The van der Waals surface area contributed by atoms with Crippen molar-refractivity contribution >= 4 is 17.3 Å². The summed E-state index contributed by atoms with van der Waals surface area (Å²) >= 11 is 0. The zero-order valence-corrected chi connectivity index (χ0v) is 15.7. The number of aryl methyl sites for hydroxylation is 1. The second-order valence-corrected chi connectivity index (χ2v) is 8.14. The first-order valence-electron chi connectivity index (χ1n) is 9.09. The summed E-state index contributed by atoms with van der Waals surface area (Å²) in [6.45, 7) is 9.33. The summed E-state index contributed by atoms with van der Waals surface area (Å²) < 4.78 is 0. The van der Waals surface area contributed by atoms with E-state index in [1.807, 2.05) is 24.3 Å². The number of anilines is 2. The molecular weight excluding hydrogens is 322 g/mol. The van der Waals surface area contributed by atoms with Gasteiger partial charge in [-0.3, -0.25) is 4.79 Å². The minimum absolute atomic E-state index is 0.00268. The van der Waals surface area contributed by atoms with E-state index in [1.54, 1.807) is 0 Å². The second-order valence-electron chi connectivity index (χ2n) is 8.14. The molecule has 1 unspecified atom stereocenters. The highest BCUT2D eigenvalue weighted by molar-refractivity contribution is 6.01. The number of nitrogens with one attached hydrogen (secondary N) is 3. The lowest BCUT2D eigenvalue weighted by Gasteiger charge is -2.25. The summed E-state index contributed by atoms with van der Waals surface area (Å²) in [5, 5.41) is 10.00. The molecule has 0 aliphatic carbocycles. The van der Waals surface area contributed by atoms with Gasteiger partial charge in [-0.2, -0.15) is 0 Å². The molecule has 4 heteroatoms. The van der Waals surface area contributed by atoms with Crippen LogP contribution in [-0.2, 0) is 10.2 Å². The molecule has 2 aromatic rings. The van der Waals surface area contributed by atoms with Crippen LogP contribution in [0.1, 0.15) is 43.5 Å². The SMILES string of the molecule is Cc1cc(C(C)(C)C)ccc1C1Nc2ccccc2NC2=C1C(=O)NC2. The van der Waals surface area contributed by atoms with E-state index in [0.717, 1.165) is 28.2 Å². The first-order valence-corrected chi connectivity index (χ1v) is 9.09. The molecule has 2 aliphatic rings. The molecular formula is C22H25N3O. The van der Waals surface area contributed by atoms with Crippen molar-refractivity contribution in [1.82, 2.24) is 5.32 Å². The Kier molecular flexibility index (Phi) is 3.79. The Morgan fingerprint density at radius 2 is 1.77 bits per heavy atom. The van der Waals surface area contributed by atoms with E-state index in [-0.39, 0.29) is 17.4 Å². The van der Waals surface area contributed by atoms with Crippen LogP contribution in [-0.4, -0.2) is 12.5 Å². The van der Waals surface area contributed by atoms with Crippen LogP contribution < -0.4 is 16.0 Å². The van der Waals surface area contributed by atoms with Crippen LogP contribution >= 0.6 is 0 Å². The van der Waals surface area contributed by atoms with E-state index in [1.165, 1.54) is 11.1 Å². The molecule has 2 aliphatic heterocycles. The number of carbonyl (C=O) groups is 1. The molecule has 2 aromatic carbocycles. The standard InChI is InChI=1S/C22H25N3O/c1-13-11-14(22(2,3)4)9-10-15(13)20-19-18(12-23-21(19)26)24-16-7-5-6-8-17(16)25-20/h5-11,20,24-25H,12H2,1-4H3,(H,23,26). The van der Waals surface area contributed by atoms with Crippen LogP contribution in [0.5, 0.6) is 0 Å². The fourth-order valence-electron chi connectivity index (χ4n) is 3.72. The highest BCUT2D eigenvalue weighted by atomic mass is 16.2. The van der Waals surface area contributed by atoms with Crippen molar-refractivity contribution in [2.45, 2.75) is 39.2 Å². The van der Waals surface area contributed by atoms with Gasteiger partial charge in [-0.25, -0.2) is 0 Å². The van der Waals surface area contributed by atoms with Crippen LogP contribution in [0.25, 0.3) is 0 Å². The van der Waals surface area contributed by atoms with Crippen molar-refractivity contribution in [1.29, 1.82) is 0 Å². The normalized spacial score (nSPS) is 19.1. The third-order valence-corrected chi connectivity index (χ3v) is 5.24. The predicted molar refractivity (Wildman–Crippen MR) is 106 cm³/mol. The van der Waals surface area contributed by atoms with Gasteiger partial charge in [0.25, 0.3) is 5.91 Å². The van der Waals surface area contributed by atoms with Gasteiger partial charge in [-0.05, 0) is 41.2 Å². The molecule has 4 rings (SSSR count). The van der Waals surface area contributed by atoms with Gasteiger partial charge in [0, 0.05) is 5.70 Å². The van der Waals surface area contributed by atoms with Gasteiger partial charge < -0.3 is 16.0 Å². The van der Waals surface area contributed by atoms with E-state index < -0.39 is 0 Å². The summed E-state index contributed by atoms with van der Waals surface area (Å²) in [4.78, 5) is 12.6. The number of hydrogen-bond acceptors (Lipinski definition) is 3. The van der Waals surface area contributed by atoms with E-state index in [0.29, 0.717) is 6.54 Å². The fourth-order valence-corrected chi connectivity index (χ4v) is 3.72. The molecule has 0 saturated carbocycles. The number of hydrogen-bond donors (Lipinski definition) is 3. The lowest BCUT2D eigenvalue weighted by atomic mass is 9.83. The summed E-state index contributed by atoms with van der Waals surface area (Å²) in [5.41, 5.74) is 7.49. The third-order valence-electron chi connectivity index (χ3n) is 5.24. The molecule has 26 heavy (non-hydrogen) atoms. The predicted octanol–water partition coefficient (Wildman–Crippen LogP) is 4.26. The Morgan fingerprint density at radius 1 is 1.04 bits per heavy atom. The average molecular weight is 347 g/mol. The molecule has 1 atom stereocenters. The zero-order chi connectivity index (χ0) is 18.5. The van der Waals surface area contributed by atoms with Gasteiger partial charge >= 0.3 is 0 Å². The summed E-state index contributed by atoms with van der Waals surface area (Å²) in [6, 6.07) is 14.5. The van der Waals surface area contributed by atoms with E-state index in [9.17, 15) is 4.79 Å². The van der Waals surface area contributed by atoms with Crippen molar-refractivity contribution in [2.75, 3.05) is 17.2 Å². The molecule has 0 radical (unpaired) electrons. The van der Waals surface area contributed by atoms with Crippen LogP contribution in [0.2, 0.25) is 0 Å². The zero-order valence-electron chi connectivity index (χ0n) is 15.7. The lowest BCUT2D eigenvalue weighted by molar-refractivity contribution is -0.116. The van der Waals surface area contributed by atoms with E-state index >= 15 is 0 Å². The summed E-state index contributed by atoms with van der Waals surface area (Å²) in [5.74, 6) is -0.00268. The molecule has 0 bridgehead atoms. The second kappa shape index (κ2) is 5.90. The van der Waals surface area contributed by atoms with Crippen LogP contribution in [0.3, 0.4) is 0 Å². The topological polar surface area (TPSA) is 53.2 Å². The van der Waals surface area contributed by atoms with Crippen LogP contribution in [0.4, 0.5) is 11.4 Å². The van der Waals surface area contributed by atoms with Crippen molar-refractivity contribution in [3.05, 3.63) is 70.4 Å². The van der Waals surface area contributed by atoms with Gasteiger partial charge in [-0.1, -0.05) is 51.1 Å². The van der Waals surface area contributed by atoms with Crippen LogP contribution in [0, 0.1) is 6.92 Å². The monoisotopic (exact) mass is 347 g/mol. The smallest absolute Gasteiger partial charge is 0.251 e. The third kappa shape index (κ3) is 2.75. The summed E-state index contributed by atoms with van der Waals surface area (Å²) in [7, 11) is 0. The Bertz CT molecular complexity index is 921.